The van der Waals surface area contributed by atoms with Crippen molar-refractivity contribution in [3.63, 3.8) is 0 Å². The number of rotatable bonds is 3. The van der Waals surface area contributed by atoms with Gasteiger partial charge in [-0.3, -0.25) is 0 Å². The SMILES string of the molecule is O=C(O)c1cnn(-c2ccc(F)cc2F)c1CF. The van der Waals surface area contributed by atoms with Crippen molar-refractivity contribution in [1.29, 1.82) is 0 Å². The molecule has 4 nitrogen and oxygen atoms in total. The highest BCUT2D eigenvalue weighted by molar-refractivity contribution is 5.88. The van der Waals surface area contributed by atoms with Crippen LogP contribution < -0.4 is 0 Å². The minimum atomic E-state index is -1.36. The molecular formula is C11H7F3N2O2. The minimum absolute atomic E-state index is 0.212. The second kappa shape index (κ2) is 4.52. The van der Waals surface area contributed by atoms with E-state index in [9.17, 15) is 18.0 Å². The smallest absolute Gasteiger partial charge is 0.339 e. The van der Waals surface area contributed by atoms with Gasteiger partial charge in [-0.2, -0.15) is 5.10 Å². The second-order valence-electron chi connectivity index (χ2n) is 3.45. The normalized spacial score (nSPS) is 10.6. The molecule has 0 fully saturated rings. The van der Waals surface area contributed by atoms with Gasteiger partial charge in [-0.05, 0) is 12.1 Å². The Labute approximate surface area is 99.3 Å². The topological polar surface area (TPSA) is 55.1 Å². The number of carboxylic acid groups (broad SMARTS) is 1. The Bertz CT molecular complexity index is 610. The Morgan fingerprint density at radius 3 is 2.67 bits per heavy atom. The number of benzene rings is 1. The Kier molecular flexibility index (Phi) is 3.05. The zero-order valence-electron chi connectivity index (χ0n) is 8.90. The van der Waals surface area contributed by atoms with Gasteiger partial charge in [-0.25, -0.2) is 22.6 Å². The molecule has 0 amide bonds. The van der Waals surface area contributed by atoms with Crippen LogP contribution in [-0.4, -0.2) is 20.9 Å². The van der Waals surface area contributed by atoms with Gasteiger partial charge in [0, 0.05) is 6.07 Å². The Balaban J connectivity index is 2.60. The number of nitrogens with zero attached hydrogens (tertiary/aromatic N) is 2. The molecule has 18 heavy (non-hydrogen) atoms. The van der Waals surface area contributed by atoms with E-state index in [1.165, 1.54) is 0 Å². The summed E-state index contributed by atoms with van der Waals surface area (Å²) in [6.45, 7) is -1.13. The maximum absolute atomic E-state index is 13.5. The van der Waals surface area contributed by atoms with Gasteiger partial charge in [0.15, 0.2) is 5.82 Å². The van der Waals surface area contributed by atoms with Gasteiger partial charge in [0.1, 0.15) is 23.7 Å². The van der Waals surface area contributed by atoms with Gasteiger partial charge in [-0.1, -0.05) is 0 Å². The number of hydrogen-bond acceptors (Lipinski definition) is 2. The van der Waals surface area contributed by atoms with E-state index in [1.54, 1.807) is 0 Å². The van der Waals surface area contributed by atoms with Crippen molar-refractivity contribution < 1.29 is 23.1 Å². The van der Waals surface area contributed by atoms with Gasteiger partial charge in [0.05, 0.1) is 11.9 Å². The maximum Gasteiger partial charge on any atom is 0.339 e. The van der Waals surface area contributed by atoms with Crippen LogP contribution in [0.25, 0.3) is 5.69 Å². The maximum atomic E-state index is 13.5. The highest BCUT2D eigenvalue weighted by Gasteiger charge is 2.19. The fourth-order valence-electron chi connectivity index (χ4n) is 1.54. The number of hydrogen-bond donors (Lipinski definition) is 1. The molecule has 2 aromatic rings. The molecule has 1 N–H and O–H groups in total. The number of carboxylic acids is 1. The van der Waals surface area contributed by atoms with Crippen molar-refractivity contribution in [2.45, 2.75) is 6.67 Å². The van der Waals surface area contributed by atoms with Gasteiger partial charge >= 0.3 is 5.97 Å². The molecule has 0 unspecified atom stereocenters. The molecule has 2 rings (SSSR count). The monoisotopic (exact) mass is 256 g/mol. The third-order valence-electron chi connectivity index (χ3n) is 2.36. The van der Waals surface area contributed by atoms with Crippen LogP contribution in [0.4, 0.5) is 13.2 Å². The average Bonchev–Trinajstić information content (AvgIpc) is 2.72. The van der Waals surface area contributed by atoms with E-state index in [4.69, 9.17) is 5.11 Å². The summed E-state index contributed by atoms with van der Waals surface area (Å²) < 4.78 is 39.9. The fraction of sp³-hybridized carbons (Fsp3) is 0.0909. The lowest BCUT2D eigenvalue weighted by Crippen LogP contribution is -2.07. The second-order valence-corrected chi connectivity index (χ2v) is 3.45. The van der Waals surface area contributed by atoms with E-state index in [1.807, 2.05) is 0 Å². The Hall–Kier alpha value is -2.31. The Morgan fingerprint density at radius 2 is 2.11 bits per heavy atom. The molecular weight excluding hydrogens is 249 g/mol. The van der Waals surface area contributed by atoms with Crippen LogP contribution in [-0.2, 0) is 6.67 Å². The van der Waals surface area contributed by atoms with Crippen molar-refractivity contribution >= 4 is 5.97 Å². The summed E-state index contributed by atoms with van der Waals surface area (Å²) >= 11 is 0. The van der Waals surface area contributed by atoms with E-state index in [0.29, 0.717) is 6.07 Å². The summed E-state index contributed by atoms with van der Waals surface area (Å²) in [4.78, 5) is 10.8. The molecule has 0 radical (unpaired) electrons. The molecule has 1 aromatic carbocycles. The molecule has 0 aliphatic carbocycles. The third-order valence-corrected chi connectivity index (χ3v) is 2.36. The molecule has 0 aliphatic heterocycles. The number of alkyl halides is 1. The predicted molar refractivity (Wildman–Crippen MR) is 55.3 cm³/mol. The number of aromatic carboxylic acids is 1. The minimum Gasteiger partial charge on any atom is -0.478 e. The van der Waals surface area contributed by atoms with Crippen molar-refractivity contribution in [3.05, 3.63) is 47.3 Å². The van der Waals surface area contributed by atoms with Crippen molar-refractivity contribution in [2.24, 2.45) is 0 Å². The molecule has 0 saturated heterocycles. The molecule has 0 saturated carbocycles. The number of halogens is 3. The van der Waals surface area contributed by atoms with Gasteiger partial charge in [0.2, 0.25) is 0 Å². The summed E-state index contributed by atoms with van der Waals surface area (Å²) in [5.41, 5.74) is -0.870. The summed E-state index contributed by atoms with van der Waals surface area (Å²) in [6.07, 6.45) is 0.917. The lowest BCUT2D eigenvalue weighted by Gasteiger charge is -2.06. The van der Waals surface area contributed by atoms with Crippen LogP contribution in [0, 0.1) is 11.6 Å². The van der Waals surface area contributed by atoms with Crippen LogP contribution in [0.5, 0.6) is 0 Å². The van der Waals surface area contributed by atoms with Crippen LogP contribution in [0.2, 0.25) is 0 Å². The van der Waals surface area contributed by atoms with Gasteiger partial charge in [-0.15, -0.1) is 0 Å². The molecule has 7 heteroatoms. The first-order valence-corrected chi connectivity index (χ1v) is 4.86. The summed E-state index contributed by atoms with van der Waals surface area (Å²) in [6, 6.07) is 2.64. The highest BCUT2D eigenvalue weighted by atomic mass is 19.1. The van der Waals surface area contributed by atoms with Crippen molar-refractivity contribution in [1.82, 2.24) is 9.78 Å². The number of aromatic nitrogens is 2. The summed E-state index contributed by atoms with van der Waals surface area (Å²) in [5.74, 6) is -3.11. The van der Waals surface area contributed by atoms with Gasteiger partial charge < -0.3 is 5.11 Å². The van der Waals surface area contributed by atoms with Crippen molar-refractivity contribution in [2.75, 3.05) is 0 Å². The van der Waals surface area contributed by atoms with E-state index in [0.717, 1.165) is 23.0 Å². The lowest BCUT2D eigenvalue weighted by atomic mass is 10.2. The zero-order chi connectivity index (χ0) is 13.3. The Morgan fingerprint density at radius 1 is 1.39 bits per heavy atom. The van der Waals surface area contributed by atoms with E-state index < -0.39 is 24.3 Å². The largest absolute Gasteiger partial charge is 0.478 e. The quantitative estimate of drug-likeness (QED) is 0.916. The standard InChI is InChI=1S/C11H7F3N2O2/c12-4-10-7(11(17)18)5-15-16(10)9-2-1-6(13)3-8(9)14/h1-3,5H,4H2,(H,17,18). The fourth-order valence-corrected chi connectivity index (χ4v) is 1.54. The molecule has 94 valence electrons. The summed E-state index contributed by atoms with van der Waals surface area (Å²) in [7, 11) is 0. The predicted octanol–water partition coefficient (Wildman–Crippen LogP) is 2.32. The van der Waals surface area contributed by atoms with Crippen LogP contribution in [0.1, 0.15) is 16.1 Å². The first-order chi connectivity index (χ1) is 8.54. The van der Waals surface area contributed by atoms with Crippen LogP contribution in [0.3, 0.4) is 0 Å². The first kappa shape index (κ1) is 12.2. The third kappa shape index (κ3) is 1.94. The van der Waals surface area contributed by atoms with Gasteiger partial charge in [0.25, 0.3) is 0 Å². The molecule has 1 heterocycles. The van der Waals surface area contributed by atoms with Crippen molar-refractivity contribution in [3.8, 4) is 5.69 Å². The first-order valence-electron chi connectivity index (χ1n) is 4.86. The average molecular weight is 256 g/mol. The molecule has 1 aromatic heterocycles. The van der Waals surface area contributed by atoms with E-state index >= 15 is 0 Å². The number of carbonyl (C=O) groups is 1. The highest BCUT2D eigenvalue weighted by Crippen LogP contribution is 2.19. The molecule has 0 aliphatic rings. The van der Waals surface area contributed by atoms with Crippen LogP contribution >= 0.6 is 0 Å². The molecule has 0 bridgehead atoms. The zero-order valence-corrected chi connectivity index (χ0v) is 8.90. The van der Waals surface area contributed by atoms with Crippen LogP contribution in [0.15, 0.2) is 24.4 Å². The van der Waals surface area contributed by atoms with E-state index in [2.05, 4.69) is 5.10 Å². The van der Waals surface area contributed by atoms with E-state index in [-0.39, 0.29) is 16.9 Å². The molecule has 0 atom stereocenters. The molecule has 0 spiro atoms. The lowest BCUT2D eigenvalue weighted by molar-refractivity contribution is 0.0694. The summed E-state index contributed by atoms with van der Waals surface area (Å²) in [5, 5.41) is 12.4.